The Morgan fingerprint density at radius 2 is 2.10 bits per heavy atom. The number of benzene rings is 1. The van der Waals surface area contributed by atoms with Gasteiger partial charge in [0.15, 0.2) is 0 Å². The molecule has 1 amide bonds. The molecule has 1 N–H and O–H groups in total. The molecule has 0 spiro atoms. The third kappa shape index (κ3) is 2.47. The van der Waals surface area contributed by atoms with Crippen molar-refractivity contribution in [1.29, 1.82) is 0 Å². The molecule has 20 heavy (non-hydrogen) atoms. The smallest absolute Gasteiger partial charge is 0.244 e. The van der Waals surface area contributed by atoms with E-state index < -0.39 is 5.54 Å². The standard InChI is InChI=1S/C17H26N2O/c1-6-13(4)19-15(14-10-8-9-12(3)11-14)18-17(5,7-2)16(19)20/h8-11,13,15,18H,6-7H2,1-5H3. The highest BCUT2D eigenvalue weighted by molar-refractivity contribution is 5.88. The summed E-state index contributed by atoms with van der Waals surface area (Å²) in [6.07, 6.45) is 1.76. The average Bonchev–Trinajstić information content (AvgIpc) is 2.71. The zero-order valence-electron chi connectivity index (χ0n) is 13.2. The maximum atomic E-state index is 12.8. The predicted octanol–water partition coefficient (Wildman–Crippen LogP) is 3.39. The van der Waals surface area contributed by atoms with Gasteiger partial charge in [0.25, 0.3) is 0 Å². The number of carbonyl (C=O) groups excluding carboxylic acids is 1. The van der Waals surface area contributed by atoms with Gasteiger partial charge in [0.1, 0.15) is 6.17 Å². The number of nitrogens with zero attached hydrogens (tertiary/aromatic N) is 1. The molecular weight excluding hydrogens is 248 g/mol. The Morgan fingerprint density at radius 3 is 2.65 bits per heavy atom. The summed E-state index contributed by atoms with van der Waals surface area (Å²) in [6.45, 7) is 10.4. The molecule has 3 atom stereocenters. The van der Waals surface area contributed by atoms with Crippen molar-refractivity contribution in [3.8, 4) is 0 Å². The molecule has 0 radical (unpaired) electrons. The number of rotatable bonds is 4. The molecule has 0 aromatic heterocycles. The highest BCUT2D eigenvalue weighted by Gasteiger charge is 2.48. The van der Waals surface area contributed by atoms with Gasteiger partial charge in [0.05, 0.1) is 5.54 Å². The number of nitrogens with one attached hydrogen (secondary N) is 1. The monoisotopic (exact) mass is 274 g/mol. The summed E-state index contributed by atoms with van der Waals surface area (Å²) in [5.74, 6) is 0.223. The molecule has 1 aromatic carbocycles. The van der Waals surface area contributed by atoms with Gasteiger partial charge in [-0.25, -0.2) is 0 Å². The highest BCUT2D eigenvalue weighted by atomic mass is 16.2. The third-order valence-electron chi connectivity index (χ3n) is 4.57. The van der Waals surface area contributed by atoms with Gasteiger partial charge in [0, 0.05) is 6.04 Å². The molecule has 1 saturated heterocycles. The quantitative estimate of drug-likeness (QED) is 0.912. The predicted molar refractivity (Wildman–Crippen MR) is 82.4 cm³/mol. The van der Waals surface area contributed by atoms with Crippen molar-refractivity contribution in [2.45, 2.75) is 65.2 Å². The fourth-order valence-corrected chi connectivity index (χ4v) is 2.82. The molecular formula is C17H26N2O. The molecule has 1 aliphatic heterocycles. The summed E-state index contributed by atoms with van der Waals surface area (Å²) in [5.41, 5.74) is 1.96. The van der Waals surface area contributed by atoms with E-state index in [-0.39, 0.29) is 18.1 Å². The summed E-state index contributed by atoms with van der Waals surface area (Å²) in [6, 6.07) is 8.67. The summed E-state index contributed by atoms with van der Waals surface area (Å²) in [5, 5.41) is 3.55. The fraction of sp³-hybridized carbons (Fsp3) is 0.588. The van der Waals surface area contributed by atoms with Crippen LogP contribution in [0.15, 0.2) is 24.3 Å². The summed E-state index contributed by atoms with van der Waals surface area (Å²) < 4.78 is 0. The van der Waals surface area contributed by atoms with Crippen LogP contribution < -0.4 is 5.32 Å². The van der Waals surface area contributed by atoms with Crippen molar-refractivity contribution in [2.24, 2.45) is 0 Å². The van der Waals surface area contributed by atoms with E-state index in [2.05, 4.69) is 57.3 Å². The van der Waals surface area contributed by atoms with E-state index in [9.17, 15) is 4.79 Å². The number of hydrogen-bond donors (Lipinski definition) is 1. The number of aryl methyl sites for hydroxylation is 1. The number of amides is 1. The van der Waals surface area contributed by atoms with Crippen molar-refractivity contribution in [1.82, 2.24) is 10.2 Å². The van der Waals surface area contributed by atoms with Crippen LogP contribution in [0.3, 0.4) is 0 Å². The lowest BCUT2D eigenvalue weighted by atomic mass is 9.99. The zero-order chi connectivity index (χ0) is 14.9. The van der Waals surface area contributed by atoms with E-state index >= 15 is 0 Å². The second kappa shape index (κ2) is 5.57. The minimum absolute atomic E-state index is 0.0118. The molecule has 1 fully saturated rings. The second-order valence-corrected chi connectivity index (χ2v) is 6.12. The lowest BCUT2D eigenvalue weighted by molar-refractivity contribution is -0.135. The van der Waals surface area contributed by atoms with Crippen LogP contribution in [0.2, 0.25) is 0 Å². The SMILES string of the molecule is CCC(C)N1C(=O)C(C)(CC)NC1c1cccc(C)c1. The van der Waals surface area contributed by atoms with Crippen LogP contribution in [0.5, 0.6) is 0 Å². The zero-order valence-corrected chi connectivity index (χ0v) is 13.2. The van der Waals surface area contributed by atoms with E-state index in [1.807, 2.05) is 11.8 Å². The Morgan fingerprint density at radius 1 is 1.40 bits per heavy atom. The molecule has 3 heteroatoms. The fourth-order valence-electron chi connectivity index (χ4n) is 2.82. The largest absolute Gasteiger partial charge is 0.319 e. The van der Waals surface area contributed by atoms with Gasteiger partial charge in [0.2, 0.25) is 5.91 Å². The first kappa shape index (κ1) is 15.0. The van der Waals surface area contributed by atoms with Gasteiger partial charge in [-0.3, -0.25) is 10.1 Å². The van der Waals surface area contributed by atoms with Gasteiger partial charge in [-0.05, 0) is 39.2 Å². The van der Waals surface area contributed by atoms with Crippen LogP contribution in [0, 0.1) is 6.92 Å². The Bertz CT molecular complexity index is 500. The minimum Gasteiger partial charge on any atom is -0.319 e. The molecule has 0 saturated carbocycles. The van der Waals surface area contributed by atoms with E-state index in [0.29, 0.717) is 0 Å². The first-order valence-electron chi connectivity index (χ1n) is 7.60. The molecule has 3 unspecified atom stereocenters. The maximum absolute atomic E-state index is 12.8. The number of hydrogen-bond acceptors (Lipinski definition) is 2. The van der Waals surface area contributed by atoms with E-state index in [1.54, 1.807) is 0 Å². The Labute approximate surface area is 122 Å². The summed E-state index contributed by atoms with van der Waals surface area (Å²) >= 11 is 0. The van der Waals surface area contributed by atoms with Crippen LogP contribution in [-0.2, 0) is 4.79 Å². The molecule has 110 valence electrons. The topological polar surface area (TPSA) is 32.3 Å². The molecule has 0 bridgehead atoms. The van der Waals surface area contributed by atoms with Gasteiger partial charge >= 0.3 is 0 Å². The van der Waals surface area contributed by atoms with Gasteiger partial charge < -0.3 is 4.90 Å². The second-order valence-electron chi connectivity index (χ2n) is 6.12. The van der Waals surface area contributed by atoms with E-state index in [4.69, 9.17) is 0 Å². The van der Waals surface area contributed by atoms with Gasteiger partial charge in [-0.15, -0.1) is 0 Å². The normalized spacial score (nSPS) is 27.9. The molecule has 1 heterocycles. The number of carbonyl (C=O) groups is 1. The highest BCUT2D eigenvalue weighted by Crippen LogP contribution is 2.35. The van der Waals surface area contributed by atoms with Crippen LogP contribution in [0.1, 0.15) is 57.8 Å². The molecule has 0 aliphatic carbocycles. The molecule has 1 aliphatic rings. The first-order chi connectivity index (χ1) is 9.42. The third-order valence-corrected chi connectivity index (χ3v) is 4.57. The van der Waals surface area contributed by atoms with Crippen LogP contribution >= 0.6 is 0 Å². The summed E-state index contributed by atoms with van der Waals surface area (Å²) in [4.78, 5) is 14.8. The average molecular weight is 274 g/mol. The molecule has 1 aromatic rings. The Kier molecular flexibility index (Phi) is 4.19. The van der Waals surface area contributed by atoms with Crippen LogP contribution in [-0.4, -0.2) is 22.4 Å². The van der Waals surface area contributed by atoms with Gasteiger partial charge in [-0.1, -0.05) is 43.7 Å². The van der Waals surface area contributed by atoms with Crippen molar-refractivity contribution in [3.63, 3.8) is 0 Å². The molecule has 3 nitrogen and oxygen atoms in total. The lowest BCUT2D eigenvalue weighted by Crippen LogP contribution is -2.44. The Balaban J connectivity index is 2.42. The van der Waals surface area contributed by atoms with Crippen molar-refractivity contribution in [3.05, 3.63) is 35.4 Å². The minimum atomic E-state index is -0.447. The Hall–Kier alpha value is -1.35. The van der Waals surface area contributed by atoms with E-state index in [0.717, 1.165) is 12.8 Å². The lowest BCUT2D eigenvalue weighted by Gasteiger charge is -2.30. The van der Waals surface area contributed by atoms with Crippen molar-refractivity contribution >= 4 is 5.91 Å². The van der Waals surface area contributed by atoms with Crippen LogP contribution in [0.4, 0.5) is 0 Å². The van der Waals surface area contributed by atoms with E-state index in [1.165, 1.54) is 11.1 Å². The van der Waals surface area contributed by atoms with Crippen molar-refractivity contribution in [2.75, 3.05) is 0 Å². The van der Waals surface area contributed by atoms with Crippen molar-refractivity contribution < 1.29 is 4.79 Å². The van der Waals surface area contributed by atoms with Gasteiger partial charge in [-0.2, -0.15) is 0 Å². The van der Waals surface area contributed by atoms with Crippen LogP contribution in [0.25, 0.3) is 0 Å². The first-order valence-corrected chi connectivity index (χ1v) is 7.60. The maximum Gasteiger partial charge on any atom is 0.244 e. The molecule has 2 rings (SSSR count). The summed E-state index contributed by atoms with van der Waals surface area (Å²) in [7, 11) is 0.